The van der Waals surface area contributed by atoms with E-state index < -0.39 is 18.0 Å². The fraction of sp³-hybridized carbons (Fsp3) is 0.176. The highest BCUT2D eigenvalue weighted by atomic mass is 16.7. The Bertz CT molecular complexity index is 824. The van der Waals surface area contributed by atoms with Crippen molar-refractivity contribution >= 4 is 11.9 Å². The Morgan fingerprint density at radius 1 is 0.808 bits per heavy atom. The quantitative estimate of drug-likeness (QED) is 0.490. The van der Waals surface area contributed by atoms with Crippen molar-refractivity contribution in [3.63, 3.8) is 0 Å². The smallest absolute Gasteiger partial charge is 0.435 e. The van der Waals surface area contributed by atoms with Gasteiger partial charge in [0.1, 0.15) is 0 Å². The molecule has 0 bridgehead atoms. The Hall–Kier alpha value is -3.46. The van der Waals surface area contributed by atoms with E-state index in [-0.39, 0.29) is 13.6 Å². The number of esters is 1. The van der Waals surface area contributed by atoms with Gasteiger partial charge in [-0.1, -0.05) is 12.1 Å². The maximum absolute atomic E-state index is 11.9. The van der Waals surface area contributed by atoms with E-state index in [2.05, 4.69) is 4.84 Å². The van der Waals surface area contributed by atoms with Crippen LogP contribution in [0.15, 0.2) is 36.4 Å². The summed E-state index contributed by atoms with van der Waals surface area (Å²) in [7, 11) is 0. The Kier molecular flexibility index (Phi) is 3.98. The zero-order chi connectivity index (χ0) is 18.1. The zero-order valence-electron chi connectivity index (χ0n) is 13.3. The summed E-state index contributed by atoms with van der Waals surface area (Å²) in [6.45, 7) is 0.208. The molecule has 0 saturated carbocycles. The molecule has 9 heteroatoms. The Labute approximate surface area is 147 Å². The molecule has 2 aromatic carbocycles. The highest BCUT2D eigenvalue weighted by Crippen LogP contribution is 2.40. The van der Waals surface area contributed by atoms with Gasteiger partial charge in [0.05, 0.1) is 0 Å². The van der Waals surface area contributed by atoms with Gasteiger partial charge in [-0.05, 0) is 24.3 Å². The predicted octanol–water partition coefficient (Wildman–Crippen LogP) is 1.19. The molecule has 0 fully saturated rings. The van der Waals surface area contributed by atoms with Crippen molar-refractivity contribution in [1.29, 1.82) is 0 Å². The first-order valence-electron chi connectivity index (χ1n) is 7.56. The summed E-state index contributed by atoms with van der Waals surface area (Å²) in [6, 6.07) is 10.1. The number of rotatable bonds is 3. The van der Waals surface area contributed by atoms with Crippen LogP contribution in [0.3, 0.4) is 0 Å². The second-order valence-corrected chi connectivity index (χ2v) is 5.42. The SMILES string of the molecule is NOC(=O)C(=O)OC(c1ccc2c(c1)OCO2)c1ccc2c(c1)OCO2. The normalized spacial score (nSPS) is 13.6. The van der Waals surface area contributed by atoms with Gasteiger partial charge in [-0.25, -0.2) is 9.59 Å². The highest BCUT2D eigenvalue weighted by molar-refractivity contribution is 6.29. The van der Waals surface area contributed by atoms with Crippen LogP contribution >= 0.6 is 0 Å². The van der Waals surface area contributed by atoms with Crippen molar-refractivity contribution < 1.29 is 38.1 Å². The number of hydrogen-bond acceptors (Lipinski definition) is 9. The van der Waals surface area contributed by atoms with E-state index in [4.69, 9.17) is 29.6 Å². The molecular formula is C17H13NO8. The number of nitrogens with two attached hydrogens (primary N) is 1. The van der Waals surface area contributed by atoms with Gasteiger partial charge in [0.15, 0.2) is 29.1 Å². The summed E-state index contributed by atoms with van der Waals surface area (Å²) >= 11 is 0. The molecule has 26 heavy (non-hydrogen) atoms. The molecule has 9 nitrogen and oxygen atoms in total. The Balaban J connectivity index is 1.72. The van der Waals surface area contributed by atoms with E-state index in [0.717, 1.165) is 0 Å². The van der Waals surface area contributed by atoms with E-state index >= 15 is 0 Å². The lowest BCUT2D eigenvalue weighted by Gasteiger charge is -2.18. The maximum Gasteiger partial charge on any atom is 0.435 e. The highest BCUT2D eigenvalue weighted by Gasteiger charge is 2.28. The van der Waals surface area contributed by atoms with Crippen molar-refractivity contribution in [3.8, 4) is 23.0 Å². The number of carbonyl (C=O) groups is 2. The Morgan fingerprint density at radius 2 is 1.31 bits per heavy atom. The minimum atomic E-state index is -1.31. The van der Waals surface area contributed by atoms with Crippen LogP contribution in [0.25, 0.3) is 0 Å². The lowest BCUT2D eigenvalue weighted by molar-refractivity contribution is -0.170. The molecular weight excluding hydrogens is 346 g/mol. The number of hydrogen-bond donors (Lipinski definition) is 1. The monoisotopic (exact) mass is 359 g/mol. The van der Waals surface area contributed by atoms with Crippen LogP contribution in [0.2, 0.25) is 0 Å². The van der Waals surface area contributed by atoms with Gasteiger partial charge in [0.25, 0.3) is 0 Å². The van der Waals surface area contributed by atoms with E-state index in [0.29, 0.717) is 34.1 Å². The van der Waals surface area contributed by atoms with Crippen LogP contribution in [-0.4, -0.2) is 25.5 Å². The summed E-state index contributed by atoms with van der Waals surface area (Å²) in [5.41, 5.74) is 1.12. The molecule has 2 aromatic rings. The van der Waals surface area contributed by atoms with Gasteiger partial charge < -0.3 is 28.5 Å². The molecule has 0 unspecified atom stereocenters. The lowest BCUT2D eigenvalue weighted by Crippen LogP contribution is -2.25. The van der Waals surface area contributed by atoms with Crippen molar-refractivity contribution in [3.05, 3.63) is 47.5 Å². The van der Waals surface area contributed by atoms with Crippen LogP contribution in [0.1, 0.15) is 17.2 Å². The second-order valence-electron chi connectivity index (χ2n) is 5.42. The maximum atomic E-state index is 11.9. The zero-order valence-corrected chi connectivity index (χ0v) is 13.3. The molecule has 0 aliphatic carbocycles. The van der Waals surface area contributed by atoms with Gasteiger partial charge in [-0.3, -0.25) is 0 Å². The van der Waals surface area contributed by atoms with Crippen LogP contribution in [0, 0.1) is 0 Å². The van der Waals surface area contributed by atoms with Crippen molar-refractivity contribution in [2.45, 2.75) is 6.10 Å². The molecule has 0 radical (unpaired) electrons. The molecule has 4 rings (SSSR count). The first-order valence-corrected chi connectivity index (χ1v) is 7.56. The minimum absolute atomic E-state index is 0.104. The first-order chi connectivity index (χ1) is 12.7. The largest absolute Gasteiger partial charge is 0.454 e. The third-order valence-electron chi connectivity index (χ3n) is 3.90. The first kappa shape index (κ1) is 16.0. The molecule has 0 atom stereocenters. The fourth-order valence-electron chi connectivity index (χ4n) is 2.68. The van der Waals surface area contributed by atoms with E-state index in [1.54, 1.807) is 36.4 Å². The second kappa shape index (κ2) is 6.45. The molecule has 2 aliphatic rings. The molecule has 2 heterocycles. The van der Waals surface area contributed by atoms with Gasteiger partial charge in [-0.15, -0.1) is 0 Å². The molecule has 134 valence electrons. The third-order valence-corrected chi connectivity index (χ3v) is 3.90. The van der Waals surface area contributed by atoms with E-state index in [9.17, 15) is 9.59 Å². The number of benzene rings is 2. The van der Waals surface area contributed by atoms with E-state index in [1.807, 2.05) is 0 Å². The topological polar surface area (TPSA) is 116 Å². The number of carbonyl (C=O) groups excluding carboxylic acids is 2. The summed E-state index contributed by atoms with van der Waals surface area (Å²) < 4.78 is 26.6. The van der Waals surface area contributed by atoms with Gasteiger partial charge >= 0.3 is 11.9 Å². The molecule has 0 spiro atoms. The fourth-order valence-corrected chi connectivity index (χ4v) is 2.68. The van der Waals surface area contributed by atoms with Gasteiger partial charge in [0.2, 0.25) is 13.6 Å². The summed E-state index contributed by atoms with van der Waals surface area (Å²) in [4.78, 5) is 27.2. The number of fused-ring (bicyclic) bond motifs is 2. The van der Waals surface area contributed by atoms with Crippen molar-refractivity contribution in [1.82, 2.24) is 0 Å². The summed E-state index contributed by atoms with van der Waals surface area (Å²) in [5, 5.41) is 0. The molecule has 2 aliphatic heterocycles. The molecule has 0 saturated heterocycles. The average molecular weight is 359 g/mol. The van der Waals surface area contributed by atoms with Gasteiger partial charge in [0, 0.05) is 11.1 Å². The van der Waals surface area contributed by atoms with E-state index in [1.165, 1.54) is 0 Å². The molecule has 0 aromatic heterocycles. The van der Waals surface area contributed by atoms with Gasteiger partial charge in [-0.2, -0.15) is 5.90 Å². The molecule has 2 N–H and O–H groups in total. The summed E-state index contributed by atoms with van der Waals surface area (Å²) in [5.74, 6) is 4.37. The third kappa shape index (κ3) is 2.84. The minimum Gasteiger partial charge on any atom is -0.454 e. The summed E-state index contributed by atoms with van der Waals surface area (Å²) in [6.07, 6.45) is -0.925. The van der Waals surface area contributed by atoms with Crippen LogP contribution < -0.4 is 24.8 Å². The Morgan fingerprint density at radius 3 is 1.81 bits per heavy atom. The molecule has 0 amide bonds. The lowest BCUT2D eigenvalue weighted by atomic mass is 10.0. The van der Waals surface area contributed by atoms with Crippen molar-refractivity contribution in [2.24, 2.45) is 5.90 Å². The van der Waals surface area contributed by atoms with Crippen LogP contribution in [-0.2, 0) is 19.2 Å². The van der Waals surface area contributed by atoms with Crippen LogP contribution in [0.4, 0.5) is 0 Å². The van der Waals surface area contributed by atoms with Crippen LogP contribution in [0.5, 0.6) is 23.0 Å². The number of ether oxygens (including phenoxy) is 5. The predicted molar refractivity (Wildman–Crippen MR) is 83.3 cm³/mol. The standard InChI is InChI=1S/C17H13NO8/c18-26-17(20)16(19)25-15(9-1-3-11-13(5-9)23-7-21-11)10-2-4-12-14(6-10)24-8-22-12/h1-6,15H,7-8,18H2. The van der Waals surface area contributed by atoms with Crippen molar-refractivity contribution in [2.75, 3.05) is 13.6 Å². The average Bonchev–Trinajstić information content (AvgIpc) is 3.32.